The van der Waals surface area contributed by atoms with Gasteiger partial charge in [-0.3, -0.25) is 4.68 Å². The molecule has 92 valence electrons. The van der Waals surface area contributed by atoms with Gasteiger partial charge in [0.25, 0.3) is 0 Å². The number of nitrogens with zero attached hydrogens (tertiary/aromatic N) is 4. The first-order valence-corrected chi connectivity index (χ1v) is 6.58. The zero-order valence-electron chi connectivity index (χ0n) is 10.4. The molecule has 0 fully saturated rings. The van der Waals surface area contributed by atoms with Crippen molar-refractivity contribution in [2.45, 2.75) is 33.7 Å². The summed E-state index contributed by atoms with van der Waals surface area (Å²) in [5.74, 6) is 0. The second-order valence-corrected chi connectivity index (χ2v) is 5.07. The van der Waals surface area contributed by atoms with Crippen molar-refractivity contribution in [2.75, 3.05) is 11.9 Å². The van der Waals surface area contributed by atoms with E-state index in [1.54, 1.807) is 11.3 Å². The van der Waals surface area contributed by atoms with E-state index in [4.69, 9.17) is 0 Å². The van der Waals surface area contributed by atoms with Crippen molar-refractivity contribution in [2.24, 2.45) is 0 Å². The van der Waals surface area contributed by atoms with E-state index in [1.165, 1.54) is 0 Å². The lowest BCUT2D eigenvalue weighted by Crippen LogP contribution is -2.03. The summed E-state index contributed by atoms with van der Waals surface area (Å²) in [6.07, 6.45) is 1.09. The number of anilines is 1. The topological polar surface area (TPSA) is 55.6 Å². The van der Waals surface area contributed by atoms with Crippen LogP contribution in [-0.4, -0.2) is 26.5 Å². The van der Waals surface area contributed by atoms with Gasteiger partial charge in [0.1, 0.15) is 5.01 Å². The van der Waals surface area contributed by atoms with E-state index < -0.39 is 0 Å². The maximum absolute atomic E-state index is 4.41. The number of hydrogen-bond donors (Lipinski definition) is 1. The molecule has 6 heteroatoms. The third kappa shape index (κ3) is 3.03. The van der Waals surface area contributed by atoms with Gasteiger partial charge in [-0.25, -0.2) is 0 Å². The van der Waals surface area contributed by atoms with Crippen LogP contribution in [0.3, 0.4) is 0 Å². The van der Waals surface area contributed by atoms with Crippen LogP contribution in [-0.2, 0) is 6.54 Å². The first kappa shape index (κ1) is 12.0. The molecule has 0 atom stereocenters. The van der Waals surface area contributed by atoms with Gasteiger partial charge in [-0.2, -0.15) is 5.10 Å². The summed E-state index contributed by atoms with van der Waals surface area (Å²) in [5.41, 5.74) is 2.19. The predicted octanol–water partition coefficient (Wildman–Crippen LogP) is 2.22. The van der Waals surface area contributed by atoms with Crippen molar-refractivity contribution in [3.8, 4) is 0 Å². The van der Waals surface area contributed by atoms with Crippen LogP contribution >= 0.6 is 11.3 Å². The van der Waals surface area contributed by atoms with Crippen LogP contribution in [0.2, 0.25) is 0 Å². The molecule has 0 aliphatic rings. The number of nitrogens with one attached hydrogen (secondary N) is 1. The van der Waals surface area contributed by atoms with E-state index in [9.17, 15) is 0 Å². The van der Waals surface area contributed by atoms with Gasteiger partial charge in [0.2, 0.25) is 5.13 Å². The first-order chi connectivity index (χ1) is 8.19. The van der Waals surface area contributed by atoms with E-state index in [1.807, 2.05) is 11.6 Å². The summed E-state index contributed by atoms with van der Waals surface area (Å²) in [6.45, 7) is 7.82. The maximum Gasteiger partial charge on any atom is 0.205 e. The van der Waals surface area contributed by atoms with Gasteiger partial charge in [-0.15, -0.1) is 10.2 Å². The van der Waals surface area contributed by atoms with Crippen LogP contribution in [0, 0.1) is 13.8 Å². The van der Waals surface area contributed by atoms with Gasteiger partial charge in [0, 0.05) is 12.2 Å². The fraction of sp³-hybridized carbons (Fsp3) is 0.545. The number of aryl methyl sites for hydroxylation is 2. The van der Waals surface area contributed by atoms with E-state index in [2.05, 4.69) is 40.5 Å². The number of aromatic nitrogens is 4. The highest BCUT2D eigenvalue weighted by Gasteiger charge is 2.07. The molecule has 0 saturated carbocycles. The molecular weight excluding hydrogens is 234 g/mol. The van der Waals surface area contributed by atoms with Gasteiger partial charge in [-0.1, -0.05) is 18.3 Å². The molecule has 0 aliphatic heterocycles. The molecule has 2 heterocycles. The van der Waals surface area contributed by atoms with Crippen LogP contribution in [0.4, 0.5) is 5.13 Å². The lowest BCUT2D eigenvalue weighted by atomic mass is 10.4. The molecule has 17 heavy (non-hydrogen) atoms. The number of hydrogen-bond acceptors (Lipinski definition) is 5. The second kappa shape index (κ2) is 5.27. The van der Waals surface area contributed by atoms with Crippen molar-refractivity contribution < 1.29 is 0 Å². The number of rotatable bonds is 5. The zero-order valence-corrected chi connectivity index (χ0v) is 11.2. The minimum Gasteiger partial charge on any atom is -0.360 e. The fourth-order valence-corrected chi connectivity index (χ4v) is 2.33. The van der Waals surface area contributed by atoms with Crippen molar-refractivity contribution in [1.82, 2.24) is 20.0 Å². The molecule has 0 saturated heterocycles. The lowest BCUT2D eigenvalue weighted by Gasteiger charge is -1.99. The third-order valence-electron chi connectivity index (χ3n) is 2.38. The summed E-state index contributed by atoms with van der Waals surface area (Å²) >= 11 is 1.59. The first-order valence-electron chi connectivity index (χ1n) is 5.76. The molecule has 0 aliphatic carbocycles. The van der Waals surface area contributed by atoms with Gasteiger partial charge in [0.15, 0.2) is 0 Å². The monoisotopic (exact) mass is 251 g/mol. The molecule has 0 bridgehead atoms. The van der Waals surface area contributed by atoms with E-state index in [-0.39, 0.29) is 0 Å². The fourth-order valence-electron chi connectivity index (χ4n) is 1.58. The Morgan fingerprint density at radius 3 is 2.82 bits per heavy atom. The molecular formula is C11H17N5S. The van der Waals surface area contributed by atoms with Crippen LogP contribution in [0.5, 0.6) is 0 Å². The Bertz CT molecular complexity index is 488. The Labute approximate surface area is 105 Å². The summed E-state index contributed by atoms with van der Waals surface area (Å²) in [6, 6.07) is 2.07. The molecule has 0 radical (unpaired) electrons. The summed E-state index contributed by atoms with van der Waals surface area (Å²) in [5, 5.41) is 17.8. The molecule has 2 rings (SSSR count). The van der Waals surface area contributed by atoms with Gasteiger partial charge in [0.05, 0.1) is 12.2 Å². The minimum atomic E-state index is 0.700. The third-order valence-corrected chi connectivity index (χ3v) is 3.25. The molecule has 5 nitrogen and oxygen atoms in total. The highest BCUT2D eigenvalue weighted by molar-refractivity contribution is 7.15. The second-order valence-electron chi connectivity index (χ2n) is 4.01. The molecule has 0 spiro atoms. The average Bonchev–Trinajstić information content (AvgIpc) is 2.84. The highest BCUT2D eigenvalue weighted by atomic mass is 32.1. The van der Waals surface area contributed by atoms with Crippen LogP contribution in [0.15, 0.2) is 6.07 Å². The highest BCUT2D eigenvalue weighted by Crippen LogP contribution is 2.16. The smallest absolute Gasteiger partial charge is 0.205 e. The Hall–Kier alpha value is -1.43. The molecule has 2 aromatic rings. The normalized spacial score (nSPS) is 10.8. The van der Waals surface area contributed by atoms with Crippen LogP contribution < -0.4 is 5.32 Å². The maximum atomic E-state index is 4.41. The summed E-state index contributed by atoms with van der Waals surface area (Å²) in [4.78, 5) is 0. The molecule has 1 N–H and O–H groups in total. The van der Waals surface area contributed by atoms with Crippen molar-refractivity contribution in [1.29, 1.82) is 0 Å². The average molecular weight is 251 g/mol. The summed E-state index contributed by atoms with van der Waals surface area (Å²) in [7, 11) is 0. The van der Waals surface area contributed by atoms with Crippen molar-refractivity contribution in [3.05, 3.63) is 22.5 Å². The van der Waals surface area contributed by atoms with Gasteiger partial charge >= 0.3 is 0 Å². The summed E-state index contributed by atoms with van der Waals surface area (Å²) < 4.78 is 1.96. The van der Waals surface area contributed by atoms with E-state index in [0.29, 0.717) is 6.54 Å². The largest absolute Gasteiger partial charge is 0.360 e. The predicted molar refractivity (Wildman–Crippen MR) is 69.5 cm³/mol. The Kier molecular flexibility index (Phi) is 3.73. The van der Waals surface area contributed by atoms with Crippen LogP contribution in [0.25, 0.3) is 0 Å². The molecule has 0 amide bonds. The molecule has 0 unspecified atom stereocenters. The van der Waals surface area contributed by atoms with Crippen LogP contribution in [0.1, 0.15) is 29.7 Å². The SMILES string of the molecule is CCCNc1nnc(Cn2nc(C)cc2C)s1. The van der Waals surface area contributed by atoms with E-state index >= 15 is 0 Å². The Morgan fingerprint density at radius 2 is 2.18 bits per heavy atom. The minimum absolute atomic E-state index is 0.700. The molecule has 2 aromatic heterocycles. The lowest BCUT2D eigenvalue weighted by molar-refractivity contribution is 0.651. The van der Waals surface area contributed by atoms with Crippen molar-refractivity contribution >= 4 is 16.5 Å². The standard InChI is InChI=1S/C11H17N5S/c1-4-5-12-11-14-13-10(17-11)7-16-9(3)6-8(2)15-16/h6H,4-5,7H2,1-3H3,(H,12,14). The van der Waals surface area contributed by atoms with Gasteiger partial charge < -0.3 is 5.32 Å². The van der Waals surface area contributed by atoms with Gasteiger partial charge in [-0.05, 0) is 26.3 Å². The van der Waals surface area contributed by atoms with E-state index in [0.717, 1.165) is 34.5 Å². The Morgan fingerprint density at radius 1 is 1.35 bits per heavy atom. The zero-order chi connectivity index (χ0) is 12.3. The Balaban J connectivity index is 2.03. The molecule has 0 aromatic carbocycles. The van der Waals surface area contributed by atoms with Crippen molar-refractivity contribution in [3.63, 3.8) is 0 Å². The quantitative estimate of drug-likeness (QED) is 0.885.